The normalized spacial score (nSPS) is 9.86. The first kappa shape index (κ1) is 10.6. The van der Waals surface area contributed by atoms with Gasteiger partial charge < -0.3 is 14.6 Å². The number of aryl methyl sites for hydroxylation is 1. The van der Waals surface area contributed by atoms with Gasteiger partial charge >= 0.3 is 5.97 Å². The van der Waals surface area contributed by atoms with Crippen LogP contribution in [0, 0.1) is 0 Å². The smallest absolute Gasteiger partial charge is 0.307 e. The van der Waals surface area contributed by atoms with E-state index in [-0.39, 0.29) is 5.97 Å². The molecule has 1 rings (SSSR count). The Kier molecular flexibility index (Phi) is 3.97. The molecule has 0 aromatic carbocycles. The summed E-state index contributed by atoms with van der Waals surface area (Å²) < 4.78 is 6.49. The van der Waals surface area contributed by atoms with Gasteiger partial charge in [0.25, 0.3) is 0 Å². The first-order valence-corrected chi connectivity index (χ1v) is 4.59. The van der Waals surface area contributed by atoms with Gasteiger partial charge in [0, 0.05) is 25.5 Å². The van der Waals surface area contributed by atoms with Gasteiger partial charge in [-0.1, -0.05) is 0 Å². The number of hydrogen-bond acceptors (Lipinski definition) is 4. The van der Waals surface area contributed by atoms with E-state index in [4.69, 9.17) is 0 Å². The van der Waals surface area contributed by atoms with Crippen LogP contribution in [0.1, 0.15) is 13.3 Å². The fraction of sp³-hybridized carbons (Fsp3) is 0.556. The third kappa shape index (κ3) is 2.76. The molecule has 0 saturated carbocycles. The number of carbonyl (C=O) groups excluding carboxylic acids is 1. The molecule has 1 N–H and O–H groups in total. The number of esters is 1. The molecule has 1 aromatic rings. The Morgan fingerprint density at radius 3 is 3.14 bits per heavy atom. The first-order valence-electron chi connectivity index (χ1n) is 4.59. The summed E-state index contributed by atoms with van der Waals surface area (Å²) in [6.07, 6.45) is 3.97. The molecule has 78 valence electrons. The van der Waals surface area contributed by atoms with Crippen molar-refractivity contribution < 1.29 is 9.53 Å². The summed E-state index contributed by atoms with van der Waals surface area (Å²) in [6, 6.07) is 0. The summed E-state index contributed by atoms with van der Waals surface area (Å²) in [5.41, 5.74) is 0. The lowest BCUT2D eigenvalue weighted by Gasteiger charge is -2.06. The fourth-order valence-electron chi connectivity index (χ4n) is 1.11. The summed E-state index contributed by atoms with van der Waals surface area (Å²) in [5.74, 6) is 0.573. The van der Waals surface area contributed by atoms with Crippen LogP contribution in [-0.4, -0.2) is 29.2 Å². The van der Waals surface area contributed by atoms with Crippen LogP contribution < -0.4 is 5.32 Å². The van der Waals surface area contributed by atoms with Gasteiger partial charge in [-0.15, -0.1) is 0 Å². The molecule has 14 heavy (non-hydrogen) atoms. The maximum Gasteiger partial charge on any atom is 0.307 e. The highest BCUT2D eigenvalue weighted by Gasteiger charge is 2.02. The average molecular weight is 197 g/mol. The van der Waals surface area contributed by atoms with Gasteiger partial charge in [-0.3, -0.25) is 4.79 Å². The van der Waals surface area contributed by atoms with E-state index < -0.39 is 0 Å². The Morgan fingerprint density at radius 1 is 1.71 bits per heavy atom. The number of anilines is 1. The van der Waals surface area contributed by atoms with E-state index >= 15 is 0 Å². The van der Waals surface area contributed by atoms with Crippen LogP contribution in [-0.2, 0) is 16.1 Å². The molecule has 0 saturated heterocycles. The molecule has 0 aliphatic rings. The lowest BCUT2D eigenvalue weighted by molar-refractivity contribution is -0.140. The van der Waals surface area contributed by atoms with Crippen molar-refractivity contribution in [3.63, 3.8) is 0 Å². The van der Waals surface area contributed by atoms with E-state index in [2.05, 4.69) is 15.0 Å². The number of ether oxygens (including phenoxy) is 1. The third-order valence-electron chi connectivity index (χ3n) is 1.90. The quantitative estimate of drug-likeness (QED) is 0.712. The number of nitrogens with zero attached hydrogens (tertiary/aromatic N) is 2. The average Bonchev–Trinajstić information content (AvgIpc) is 2.65. The largest absolute Gasteiger partial charge is 0.469 e. The summed E-state index contributed by atoms with van der Waals surface area (Å²) >= 11 is 0. The molecule has 0 unspecified atom stereocenters. The van der Waals surface area contributed by atoms with Crippen molar-refractivity contribution in [3.05, 3.63) is 12.4 Å². The molecule has 0 fully saturated rings. The third-order valence-corrected chi connectivity index (χ3v) is 1.90. The van der Waals surface area contributed by atoms with Crippen molar-refractivity contribution in [3.8, 4) is 0 Å². The Morgan fingerprint density at radius 2 is 2.50 bits per heavy atom. The van der Waals surface area contributed by atoms with Crippen molar-refractivity contribution in [1.29, 1.82) is 0 Å². The molecule has 0 spiro atoms. The van der Waals surface area contributed by atoms with Crippen LogP contribution >= 0.6 is 0 Å². The van der Waals surface area contributed by atoms with Crippen molar-refractivity contribution >= 4 is 11.9 Å². The highest BCUT2D eigenvalue weighted by molar-refractivity contribution is 5.69. The monoisotopic (exact) mass is 197 g/mol. The number of rotatable bonds is 5. The zero-order valence-electron chi connectivity index (χ0n) is 8.49. The number of hydrogen-bond donors (Lipinski definition) is 1. The number of methoxy groups -OCH3 is 1. The van der Waals surface area contributed by atoms with Crippen molar-refractivity contribution in [2.45, 2.75) is 19.9 Å². The lowest BCUT2D eigenvalue weighted by atomic mass is 10.4. The van der Waals surface area contributed by atoms with Crippen molar-refractivity contribution in [2.24, 2.45) is 0 Å². The molecule has 0 atom stereocenters. The molecule has 0 bridgehead atoms. The summed E-state index contributed by atoms with van der Waals surface area (Å²) in [5, 5.41) is 3.06. The Balaban J connectivity index is 2.34. The lowest BCUT2D eigenvalue weighted by Crippen LogP contribution is -2.12. The van der Waals surface area contributed by atoms with Gasteiger partial charge in [0.05, 0.1) is 13.5 Å². The minimum Gasteiger partial charge on any atom is -0.469 e. The van der Waals surface area contributed by atoms with Gasteiger partial charge in [-0.25, -0.2) is 4.98 Å². The standard InChI is InChI=1S/C9H15N3O2/c1-3-12-7-6-11-9(12)10-5-4-8(13)14-2/h6-7H,3-5H2,1-2H3,(H,10,11). The Hall–Kier alpha value is -1.52. The number of carbonyl (C=O) groups is 1. The highest BCUT2D eigenvalue weighted by Crippen LogP contribution is 2.03. The molecular formula is C9H15N3O2. The molecule has 0 amide bonds. The second-order valence-electron chi connectivity index (χ2n) is 2.79. The molecule has 1 aromatic heterocycles. The molecule has 1 heterocycles. The summed E-state index contributed by atoms with van der Waals surface area (Å²) in [4.78, 5) is 14.9. The van der Waals surface area contributed by atoms with Gasteiger partial charge in [0.1, 0.15) is 0 Å². The number of nitrogens with one attached hydrogen (secondary N) is 1. The minimum absolute atomic E-state index is 0.216. The van der Waals surface area contributed by atoms with Crippen molar-refractivity contribution in [1.82, 2.24) is 9.55 Å². The first-order chi connectivity index (χ1) is 6.77. The molecule has 5 heteroatoms. The van der Waals surface area contributed by atoms with Gasteiger partial charge in [-0.05, 0) is 6.92 Å². The van der Waals surface area contributed by atoms with Crippen LogP contribution in [0.25, 0.3) is 0 Å². The van der Waals surface area contributed by atoms with Crippen LogP contribution in [0.15, 0.2) is 12.4 Å². The molecule has 5 nitrogen and oxygen atoms in total. The predicted octanol–water partition coefficient (Wildman–Crippen LogP) is 0.878. The van der Waals surface area contributed by atoms with Crippen LogP contribution in [0.3, 0.4) is 0 Å². The Bertz CT molecular complexity index is 296. The van der Waals surface area contributed by atoms with Crippen LogP contribution in [0.5, 0.6) is 0 Å². The van der Waals surface area contributed by atoms with E-state index in [0.717, 1.165) is 12.5 Å². The van der Waals surface area contributed by atoms with E-state index in [1.807, 2.05) is 17.7 Å². The van der Waals surface area contributed by atoms with Crippen LogP contribution in [0.2, 0.25) is 0 Å². The topological polar surface area (TPSA) is 56.2 Å². The maximum absolute atomic E-state index is 10.8. The maximum atomic E-state index is 10.8. The van der Waals surface area contributed by atoms with E-state index in [0.29, 0.717) is 13.0 Å². The molecule has 0 aliphatic heterocycles. The number of aromatic nitrogens is 2. The minimum atomic E-state index is -0.216. The van der Waals surface area contributed by atoms with Crippen LogP contribution in [0.4, 0.5) is 5.95 Å². The summed E-state index contributed by atoms with van der Waals surface area (Å²) in [7, 11) is 1.38. The van der Waals surface area contributed by atoms with E-state index in [1.165, 1.54) is 7.11 Å². The van der Waals surface area contributed by atoms with Gasteiger partial charge in [-0.2, -0.15) is 0 Å². The summed E-state index contributed by atoms with van der Waals surface area (Å²) in [6.45, 7) is 3.44. The van der Waals surface area contributed by atoms with E-state index in [1.54, 1.807) is 6.20 Å². The van der Waals surface area contributed by atoms with Gasteiger partial charge in [0.2, 0.25) is 5.95 Å². The molecular weight excluding hydrogens is 182 g/mol. The van der Waals surface area contributed by atoms with E-state index in [9.17, 15) is 4.79 Å². The molecule has 0 radical (unpaired) electrons. The van der Waals surface area contributed by atoms with Gasteiger partial charge in [0.15, 0.2) is 0 Å². The predicted molar refractivity (Wildman–Crippen MR) is 53.0 cm³/mol. The fourth-order valence-corrected chi connectivity index (χ4v) is 1.11. The second kappa shape index (κ2) is 5.26. The SMILES string of the molecule is CCn1ccnc1NCCC(=O)OC. The zero-order valence-corrected chi connectivity index (χ0v) is 8.49. The second-order valence-corrected chi connectivity index (χ2v) is 2.79. The Labute approximate surface area is 83.1 Å². The van der Waals surface area contributed by atoms with Crippen molar-refractivity contribution in [2.75, 3.05) is 19.0 Å². The highest BCUT2D eigenvalue weighted by atomic mass is 16.5. The zero-order chi connectivity index (χ0) is 10.4. The molecule has 0 aliphatic carbocycles. The number of imidazole rings is 1.